The smallest absolute Gasteiger partial charge is 0.217 e. The Kier molecular flexibility index (Phi) is 7.48. The van der Waals surface area contributed by atoms with E-state index in [0.29, 0.717) is 6.29 Å². The molecule has 1 unspecified atom stereocenters. The van der Waals surface area contributed by atoms with E-state index in [9.17, 15) is 14.7 Å². The lowest BCUT2D eigenvalue weighted by Gasteiger charge is -2.40. The van der Waals surface area contributed by atoms with Crippen LogP contribution >= 0.6 is 0 Å². The second kappa shape index (κ2) is 10.3. The summed E-state index contributed by atoms with van der Waals surface area (Å²) in [6.45, 7) is 1.53. The first-order chi connectivity index (χ1) is 14.1. The van der Waals surface area contributed by atoms with Crippen molar-refractivity contribution in [1.82, 2.24) is 5.32 Å². The molecule has 2 N–H and O–H groups in total. The molecule has 7 heteroatoms. The highest BCUT2D eigenvalue weighted by molar-refractivity contribution is 5.77. The first kappa shape index (κ1) is 21.1. The number of nitrogens with one attached hydrogen (secondary N) is 1. The molecule has 0 aromatic heterocycles. The number of aliphatic hydroxyl groups excluding tert-OH is 1. The lowest BCUT2D eigenvalue weighted by atomic mass is 10.00. The number of benzene rings is 2. The summed E-state index contributed by atoms with van der Waals surface area (Å²) in [6, 6.07) is 17.7. The topological polar surface area (TPSA) is 94.1 Å². The van der Waals surface area contributed by atoms with Crippen molar-refractivity contribution in [2.45, 2.75) is 44.2 Å². The number of hydrogen-bond donors (Lipinski definition) is 2. The van der Waals surface area contributed by atoms with Gasteiger partial charge >= 0.3 is 0 Å². The molecule has 1 amide bonds. The Labute approximate surface area is 169 Å². The Morgan fingerprint density at radius 2 is 1.86 bits per heavy atom. The van der Waals surface area contributed by atoms with Gasteiger partial charge in [-0.2, -0.15) is 0 Å². The molecule has 1 saturated heterocycles. The van der Waals surface area contributed by atoms with Gasteiger partial charge in [0.2, 0.25) is 5.91 Å². The summed E-state index contributed by atoms with van der Waals surface area (Å²) in [5, 5.41) is 13.1. The van der Waals surface area contributed by atoms with E-state index in [1.807, 2.05) is 60.7 Å². The zero-order valence-electron chi connectivity index (χ0n) is 16.1. The third-order valence-corrected chi connectivity index (χ3v) is 4.63. The van der Waals surface area contributed by atoms with Gasteiger partial charge in [0.15, 0.2) is 6.29 Å². The van der Waals surface area contributed by atoms with E-state index in [1.54, 1.807) is 0 Å². The van der Waals surface area contributed by atoms with Crippen LogP contribution < -0.4 is 5.32 Å². The highest BCUT2D eigenvalue weighted by atomic mass is 16.7. The number of carbonyl (C=O) groups excluding carboxylic acids is 2. The maximum absolute atomic E-state index is 11.7. The molecule has 0 radical (unpaired) electrons. The molecule has 2 aromatic carbocycles. The van der Waals surface area contributed by atoms with Crippen LogP contribution in [-0.2, 0) is 30.4 Å². The third kappa shape index (κ3) is 5.71. The fourth-order valence-corrected chi connectivity index (χ4v) is 3.23. The zero-order valence-corrected chi connectivity index (χ0v) is 16.1. The molecule has 1 heterocycles. The Hall–Kier alpha value is -2.58. The van der Waals surface area contributed by atoms with Gasteiger partial charge in [0.05, 0.1) is 13.2 Å². The number of rotatable bonds is 8. The van der Waals surface area contributed by atoms with Crippen molar-refractivity contribution in [3.63, 3.8) is 0 Å². The van der Waals surface area contributed by atoms with E-state index >= 15 is 0 Å². The molecular formula is C22H25NO6. The fourth-order valence-electron chi connectivity index (χ4n) is 3.23. The quantitative estimate of drug-likeness (QED) is 0.657. The van der Waals surface area contributed by atoms with Crippen molar-refractivity contribution in [1.29, 1.82) is 0 Å². The lowest BCUT2D eigenvalue weighted by Crippen LogP contribution is -2.57. The first-order valence-electron chi connectivity index (χ1n) is 9.46. The molecule has 2 aromatic rings. The summed E-state index contributed by atoms with van der Waals surface area (Å²) in [7, 11) is 0. The fraction of sp³-hybridized carbons (Fsp3) is 0.364. The van der Waals surface area contributed by atoms with Gasteiger partial charge in [0, 0.05) is 12.5 Å². The van der Waals surface area contributed by atoms with Crippen LogP contribution in [0.25, 0.3) is 0 Å². The van der Waals surface area contributed by atoms with Crippen molar-refractivity contribution < 1.29 is 28.9 Å². The third-order valence-electron chi connectivity index (χ3n) is 4.63. The minimum Gasteiger partial charge on any atom is -0.388 e. The molecule has 7 nitrogen and oxygen atoms in total. The molecule has 1 fully saturated rings. The van der Waals surface area contributed by atoms with Crippen molar-refractivity contribution in [3.8, 4) is 0 Å². The van der Waals surface area contributed by atoms with Crippen LogP contribution in [-0.4, -0.2) is 48.3 Å². The monoisotopic (exact) mass is 399 g/mol. The average Bonchev–Trinajstić information content (AvgIpc) is 2.75. The van der Waals surface area contributed by atoms with Crippen LogP contribution in [0.4, 0.5) is 0 Å². The number of carbonyl (C=O) groups is 2. The summed E-state index contributed by atoms with van der Waals surface area (Å²) in [5.74, 6) is -0.378. The molecule has 1 aliphatic heterocycles. The van der Waals surface area contributed by atoms with Crippen molar-refractivity contribution >= 4 is 12.2 Å². The van der Waals surface area contributed by atoms with Crippen LogP contribution in [0.15, 0.2) is 60.7 Å². The maximum Gasteiger partial charge on any atom is 0.217 e. The number of hydrogen-bond acceptors (Lipinski definition) is 6. The van der Waals surface area contributed by atoms with Crippen LogP contribution in [0.5, 0.6) is 0 Å². The van der Waals surface area contributed by atoms with Crippen LogP contribution in [0.2, 0.25) is 0 Å². The molecule has 0 bridgehead atoms. The standard InChI is InChI=1S/C22H25NO6/c1-15(25)23-18(12-24)20(27-13-16-8-4-2-5-9-16)21-19(26)14-28-22(29-21)17-10-6-3-7-11-17/h2-12,18-22,26H,13-14H2,1H3,(H,23,25)/t18-,19-,20-,21-,22?/m1/s1. The van der Waals surface area contributed by atoms with Gasteiger partial charge in [-0.1, -0.05) is 60.7 Å². The molecule has 3 rings (SSSR count). The van der Waals surface area contributed by atoms with Gasteiger partial charge < -0.3 is 29.4 Å². The summed E-state index contributed by atoms with van der Waals surface area (Å²) in [4.78, 5) is 23.3. The SMILES string of the molecule is CC(=O)N[C@H](C=O)[C@@H](OCc1ccccc1)[C@@H]1OC(c2ccccc2)OC[C@H]1O. The number of aldehydes is 1. The lowest BCUT2D eigenvalue weighted by molar-refractivity contribution is -0.282. The van der Waals surface area contributed by atoms with Crippen molar-refractivity contribution in [2.75, 3.05) is 6.61 Å². The van der Waals surface area contributed by atoms with Gasteiger partial charge in [-0.25, -0.2) is 0 Å². The molecule has 1 aliphatic rings. The van der Waals surface area contributed by atoms with E-state index in [0.717, 1.165) is 11.1 Å². The normalized spacial score (nSPS) is 23.7. The van der Waals surface area contributed by atoms with Gasteiger partial charge in [-0.05, 0) is 5.56 Å². The van der Waals surface area contributed by atoms with E-state index in [-0.39, 0.29) is 19.1 Å². The number of ether oxygens (including phenoxy) is 3. The van der Waals surface area contributed by atoms with Crippen LogP contribution in [0, 0.1) is 0 Å². The Bertz CT molecular complexity index is 784. The second-order valence-electron chi connectivity index (χ2n) is 6.87. The Morgan fingerprint density at radius 3 is 2.48 bits per heavy atom. The maximum atomic E-state index is 11.7. The minimum absolute atomic E-state index is 0.0150. The molecule has 5 atom stereocenters. The summed E-state index contributed by atoms with van der Waals surface area (Å²) in [6.07, 6.45) is -2.91. The van der Waals surface area contributed by atoms with Crippen molar-refractivity contribution in [2.24, 2.45) is 0 Å². The first-order valence-corrected chi connectivity index (χ1v) is 9.46. The minimum atomic E-state index is -1.02. The van der Waals surface area contributed by atoms with E-state index in [1.165, 1.54) is 6.92 Å². The second-order valence-corrected chi connectivity index (χ2v) is 6.87. The van der Waals surface area contributed by atoms with E-state index in [4.69, 9.17) is 14.2 Å². The largest absolute Gasteiger partial charge is 0.388 e. The molecule has 0 spiro atoms. The Balaban J connectivity index is 1.81. The van der Waals surface area contributed by atoms with Crippen LogP contribution in [0.1, 0.15) is 24.3 Å². The molecule has 154 valence electrons. The summed E-state index contributed by atoms with van der Waals surface area (Å²) in [5.41, 5.74) is 1.68. The van der Waals surface area contributed by atoms with Gasteiger partial charge in [-0.3, -0.25) is 4.79 Å². The van der Waals surface area contributed by atoms with E-state index in [2.05, 4.69) is 5.32 Å². The highest BCUT2D eigenvalue weighted by Crippen LogP contribution is 2.29. The summed E-state index contributed by atoms with van der Waals surface area (Å²) >= 11 is 0. The van der Waals surface area contributed by atoms with E-state index < -0.39 is 30.6 Å². The number of amides is 1. The van der Waals surface area contributed by atoms with Gasteiger partial charge in [0.25, 0.3) is 0 Å². The Morgan fingerprint density at radius 1 is 1.21 bits per heavy atom. The predicted octanol–water partition coefficient (Wildman–Crippen LogP) is 1.75. The average molecular weight is 399 g/mol. The van der Waals surface area contributed by atoms with Gasteiger partial charge in [-0.15, -0.1) is 0 Å². The molecule has 0 saturated carbocycles. The molecular weight excluding hydrogens is 374 g/mol. The van der Waals surface area contributed by atoms with Crippen molar-refractivity contribution in [3.05, 3.63) is 71.8 Å². The molecule has 0 aliphatic carbocycles. The highest BCUT2D eigenvalue weighted by Gasteiger charge is 2.41. The summed E-state index contributed by atoms with van der Waals surface area (Å²) < 4.78 is 17.6. The zero-order chi connectivity index (χ0) is 20.6. The van der Waals surface area contributed by atoms with Gasteiger partial charge in [0.1, 0.15) is 30.6 Å². The van der Waals surface area contributed by atoms with Crippen LogP contribution in [0.3, 0.4) is 0 Å². The predicted molar refractivity (Wildman–Crippen MR) is 105 cm³/mol. The number of aliphatic hydroxyl groups is 1. The molecule has 29 heavy (non-hydrogen) atoms.